The first kappa shape index (κ1) is 15.9. The summed E-state index contributed by atoms with van der Waals surface area (Å²) in [6, 6.07) is 0.683. The second-order valence-electron chi connectivity index (χ2n) is 7.13. The first-order valence-electron chi connectivity index (χ1n) is 8.60. The molecule has 1 atom stereocenters. The lowest BCUT2D eigenvalue weighted by atomic mass is 9.94. The van der Waals surface area contributed by atoms with Crippen molar-refractivity contribution < 1.29 is 0 Å². The van der Waals surface area contributed by atoms with Crippen LogP contribution >= 0.6 is 0 Å². The molecule has 1 aromatic heterocycles. The zero-order valence-electron chi connectivity index (χ0n) is 14.3. The number of likely N-dealkylation sites (N-methyl/N-ethyl adjacent to an activating group) is 1. The minimum atomic E-state index is 0.683. The van der Waals surface area contributed by atoms with Crippen molar-refractivity contribution in [2.24, 2.45) is 13.0 Å². The molecule has 2 aliphatic rings. The predicted octanol–water partition coefficient (Wildman–Crippen LogP) is 0.493. The Morgan fingerprint density at radius 3 is 2.55 bits per heavy atom. The molecule has 0 bridgehead atoms. The molecule has 6 nitrogen and oxygen atoms in total. The average molecular weight is 306 g/mol. The zero-order valence-corrected chi connectivity index (χ0v) is 14.3. The average Bonchev–Trinajstić information content (AvgIpc) is 3.11. The lowest BCUT2D eigenvalue weighted by Crippen LogP contribution is -2.31. The van der Waals surface area contributed by atoms with E-state index >= 15 is 0 Å². The molecule has 22 heavy (non-hydrogen) atoms. The molecule has 2 fully saturated rings. The van der Waals surface area contributed by atoms with Gasteiger partial charge >= 0.3 is 0 Å². The van der Waals surface area contributed by atoms with E-state index < -0.39 is 0 Å². The topological polar surface area (TPSA) is 49.2 Å². The van der Waals surface area contributed by atoms with Crippen molar-refractivity contribution in [2.75, 3.05) is 40.3 Å². The molecule has 6 heteroatoms. The van der Waals surface area contributed by atoms with E-state index in [0.29, 0.717) is 6.04 Å². The number of hydrogen-bond acceptors (Lipinski definition) is 5. The fourth-order valence-corrected chi connectivity index (χ4v) is 3.64. The largest absolute Gasteiger partial charge is 0.317 e. The van der Waals surface area contributed by atoms with Gasteiger partial charge in [0.2, 0.25) is 0 Å². The fraction of sp³-hybridized carbons (Fsp3) is 0.875. The monoisotopic (exact) mass is 306 g/mol. The molecule has 3 rings (SSSR count). The van der Waals surface area contributed by atoms with Crippen LogP contribution in [0.3, 0.4) is 0 Å². The molecule has 0 unspecified atom stereocenters. The van der Waals surface area contributed by atoms with E-state index in [9.17, 15) is 0 Å². The van der Waals surface area contributed by atoms with Crippen LogP contribution in [0.25, 0.3) is 0 Å². The van der Waals surface area contributed by atoms with Gasteiger partial charge in [0, 0.05) is 32.6 Å². The summed E-state index contributed by atoms with van der Waals surface area (Å²) >= 11 is 0. The first-order valence-corrected chi connectivity index (χ1v) is 8.60. The van der Waals surface area contributed by atoms with Gasteiger partial charge in [0.1, 0.15) is 11.6 Å². The van der Waals surface area contributed by atoms with E-state index in [2.05, 4.69) is 51.0 Å². The van der Waals surface area contributed by atoms with Crippen molar-refractivity contribution in [1.29, 1.82) is 0 Å². The van der Waals surface area contributed by atoms with E-state index in [-0.39, 0.29) is 0 Å². The van der Waals surface area contributed by atoms with Crippen molar-refractivity contribution in [3.8, 4) is 0 Å². The molecular weight excluding hydrogens is 276 g/mol. The van der Waals surface area contributed by atoms with Crippen molar-refractivity contribution in [3.05, 3.63) is 11.6 Å². The molecule has 0 amide bonds. The van der Waals surface area contributed by atoms with Crippen LogP contribution in [0.15, 0.2) is 0 Å². The van der Waals surface area contributed by atoms with E-state index in [1.165, 1.54) is 25.8 Å². The quantitative estimate of drug-likeness (QED) is 0.858. The third-order valence-electron chi connectivity index (χ3n) is 5.33. The Kier molecular flexibility index (Phi) is 5.10. The minimum Gasteiger partial charge on any atom is -0.317 e. The molecule has 124 valence electrons. The van der Waals surface area contributed by atoms with Gasteiger partial charge in [-0.3, -0.25) is 4.90 Å². The molecule has 2 saturated heterocycles. The number of nitrogens with one attached hydrogen (secondary N) is 1. The Balaban J connectivity index is 1.56. The summed E-state index contributed by atoms with van der Waals surface area (Å²) in [5, 5.41) is 12.3. The zero-order chi connectivity index (χ0) is 15.5. The highest BCUT2D eigenvalue weighted by Gasteiger charge is 2.25. The van der Waals surface area contributed by atoms with Gasteiger partial charge in [-0.1, -0.05) is 0 Å². The summed E-state index contributed by atoms with van der Waals surface area (Å²) in [5.41, 5.74) is 0. The van der Waals surface area contributed by atoms with E-state index in [4.69, 9.17) is 0 Å². The van der Waals surface area contributed by atoms with Crippen LogP contribution in [-0.4, -0.2) is 70.9 Å². The Morgan fingerprint density at radius 2 is 1.86 bits per heavy atom. The normalized spacial score (nSPS) is 24.5. The predicted molar refractivity (Wildman–Crippen MR) is 87.7 cm³/mol. The highest BCUT2D eigenvalue weighted by Crippen LogP contribution is 2.19. The highest BCUT2D eigenvalue weighted by atomic mass is 15.3. The number of nitrogens with zero attached hydrogens (tertiary/aromatic N) is 5. The number of rotatable bonds is 5. The summed E-state index contributed by atoms with van der Waals surface area (Å²) in [5.74, 6) is 3.04. The second-order valence-corrected chi connectivity index (χ2v) is 7.13. The van der Waals surface area contributed by atoms with Gasteiger partial charge < -0.3 is 14.8 Å². The van der Waals surface area contributed by atoms with Gasteiger partial charge in [-0.25, -0.2) is 0 Å². The van der Waals surface area contributed by atoms with Gasteiger partial charge in [0.15, 0.2) is 0 Å². The third-order valence-corrected chi connectivity index (χ3v) is 5.33. The van der Waals surface area contributed by atoms with Crippen LogP contribution in [-0.2, 0) is 20.0 Å². The van der Waals surface area contributed by atoms with Crippen LogP contribution < -0.4 is 5.32 Å². The van der Waals surface area contributed by atoms with E-state index in [0.717, 1.165) is 50.2 Å². The van der Waals surface area contributed by atoms with Gasteiger partial charge in [-0.05, 0) is 52.4 Å². The van der Waals surface area contributed by atoms with Crippen molar-refractivity contribution in [2.45, 2.75) is 38.3 Å². The van der Waals surface area contributed by atoms with E-state index in [1.807, 2.05) is 0 Å². The van der Waals surface area contributed by atoms with Crippen molar-refractivity contribution in [3.63, 3.8) is 0 Å². The Labute approximate surface area is 133 Å². The molecule has 0 spiro atoms. The van der Waals surface area contributed by atoms with Crippen LogP contribution in [0.2, 0.25) is 0 Å². The Morgan fingerprint density at radius 1 is 1.14 bits per heavy atom. The maximum Gasteiger partial charge on any atom is 0.146 e. The first-order chi connectivity index (χ1) is 10.6. The van der Waals surface area contributed by atoms with Crippen LogP contribution in [0.5, 0.6) is 0 Å². The summed E-state index contributed by atoms with van der Waals surface area (Å²) in [6.07, 6.45) is 4.86. The summed E-state index contributed by atoms with van der Waals surface area (Å²) in [7, 11) is 6.48. The number of hydrogen-bond donors (Lipinski definition) is 1. The minimum absolute atomic E-state index is 0.683. The Bertz CT molecular complexity index is 477. The molecule has 0 radical (unpaired) electrons. The SMILES string of the molecule is CN(C)[C@@H]1CCN(Cc2nnc(CC3CCNCC3)n2C)C1. The molecular formula is C16H30N6. The van der Waals surface area contributed by atoms with Gasteiger partial charge in [0.25, 0.3) is 0 Å². The third kappa shape index (κ3) is 3.67. The molecule has 0 aliphatic carbocycles. The van der Waals surface area contributed by atoms with Gasteiger partial charge in [-0.15, -0.1) is 10.2 Å². The molecule has 2 aliphatic heterocycles. The molecule has 1 N–H and O–H groups in total. The van der Waals surface area contributed by atoms with Gasteiger partial charge in [0.05, 0.1) is 6.54 Å². The maximum atomic E-state index is 4.46. The number of piperidine rings is 1. The lowest BCUT2D eigenvalue weighted by Gasteiger charge is -2.22. The molecule has 0 aromatic carbocycles. The standard InChI is InChI=1S/C16H30N6/c1-20(2)14-6-9-22(11-14)12-16-19-18-15(21(16)3)10-13-4-7-17-8-5-13/h13-14,17H,4-12H2,1-3H3/t14-/m1/s1. The summed E-state index contributed by atoms with van der Waals surface area (Å²) in [4.78, 5) is 4.84. The van der Waals surface area contributed by atoms with Gasteiger partial charge in [-0.2, -0.15) is 0 Å². The van der Waals surface area contributed by atoms with Crippen LogP contribution in [0, 0.1) is 5.92 Å². The smallest absolute Gasteiger partial charge is 0.146 e. The van der Waals surface area contributed by atoms with Crippen LogP contribution in [0.4, 0.5) is 0 Å². The summed E-state index contributed by atoms with van der Waals surface area (Å²) < 4.78 is 2.23. The van der Waals surface area contributed by atoms with Crippen LogP contribution in [0.1, 0.15) is 30.9 Å². The molecule has 3 heterocycles. The Hall–Kier alpha value is -0.980. The highest BCUT2D eigenvalue weighted by molar-refractivity contribution is 4.98. The lowest BCUT2D eigenvalue weighted by molar-refractivity contribution is 0.259. The molecule has 1 aromatic rings. The number of aromatic nitrogens is 3. The molecule has 0 saturated carbocycles. The number of likely N-dealkylation sites (tertiary alicyclic amines) is 1. The van der Waals surface area contributed by atoms with Crippen molar-refractivity contribution in [1.82, 2.24) is 29.9 Å². The van der Waals surface area contributed by atoms with E-state index in [1.54, 1.807) is 0 Å². The van der Waals surface area contributed by atoms with Crippen molar-refractivity contribution >= 4 is 0 Å². The maximum absolute atomic E-state index is 4.46. The fourth-order valence-electron chi connectivity index (χ4n) is 3.64. The summed E-state index contributed by atoms with van der Waals surface area (Å²) in [6.45, 7) is 5.53. The second kappa shape index (κ2) is 7.06.